The monoisotopic (exact) mass is 592 g/mol. The van der Waals surface area contributed by atoms with Crippen molar-refractivity contribution in [2.24, 2.45) is 46.3 Å². The minimum atomic E-state index is -0.450. The molecule has 0 bridgehead atoms. The van der Waals surface area contributed by atoms with Gasteiger partial charge in [-0.05, 0) is 109 Å². The van der Waals surface area contributed by atoms with Crippen molar-refractivity contribution >= 4 is 11.9 Å². The minimum Gasteiger partial charge on any atom is -0.462 e. The van der Waals surface area contributed by atoms with Gasteiger partial charge in [0.1, 0.15) is 11.9 Å². The van der Waals surface area contributed by atoms with Gasteiger partial charge >= 0.3 is 11.9 Å². The fourth-order valence-electron chi connectivity index (χ4n) is 10.0. The second kappa shape index (κ2) is 13.5. The molecule has 0 unspecified atom stereocenters. The molecule has 1 N–H and O–H groups in total. The first kappa shape index (κ1) is 32.3. The van der Waals surface area contributed by atoms with Crippen LogP contribution in [0.4, 0.5) is 0 Å². The first-order valence-corrected chi connectivity index (χ1v) is 17.3. The summed E-state index contributed by atoms with van der Waals surface area (Å²) in [5, 5.41) is 9.16. The molecule has 0 amide bonds. The van der Waals surface area contributed by atoms with Gasteiger partial charge in [-0.15, -0.1) is 0 Å². The standard InChI is InChI=1S/C38H56O5/c1-25(2)7-6-8-26(3)32-15-16-33-31-14-11-28-23-30(19-21-37(28,4)34(31)20-22-38(32,33)5)43-36(41)18-17-35(40)42-29-12-9-27(24-39)10-13-29/h9-13,25-26,30-34,39H,6-8,14-24H2,1-5H3/t26-,30+,31+,32-,33+,34+,37+,38-/m1/s1. The number of fused-ring (bicyclic) bond motifs is 5. The van der Waals surface area contributed by atoms with Crippen LogP contribution in [0.3, 0.4) is 0 Å². The number of rotatable bonds is 11. The highest BCUT2D eigenvalue weighted by molar-refractivity contribution is 5.79. The summed E-state index contributed by atoms with van der Waals surface area (Å²) in [6, 6.07) is 6.72. The Hall–Kier alpha value is -2.14. The third kappa shape index (κ3) is 6.92. The van der Waals surface area contributed by atoms with Gasteiger partial charge in [-0.25, -0.2) is 0 Å². The van der Waals surface area contributed by atoms with E-state index in [0.29, 0.717) is 11.2 Å². The van der Waals surface area contributed by atoms with Crippen LogP contribution in [-0.2, 0) is 20.9 Å². The lowest BCUT2D eigenvalue weighted by molar-refractivity contribution is -0.153. The number of aliphatic hydroxyl groups excluding tert-OH is 1. The molecule has 0 aromatic heterocycles. The number of carbonyl (C=O) groups is 2. The van der Waals surface area contributed by atoms with Crippen LogP contribution in [0.5, 0.6) is 5.75 Å². The molecule has 8 atom stereocenters. The largest absolute Gasteiger partial charge is 0.462 e. The lowest BCUT2D eigenvalue weighted by atomic mass is 9.47. The Labute approximate surface area is 260 Å². The SMILES string of the molecule is CC(C)CCC[C@@H](C)[C@H]1CC[C@H]2[C@@H]3CC=C4C[C@@H](OC(=O)CCC(=O)Oc5ccc(CO)cc5)CC[C@]4(C)[C@H]3CC[C@]12C. The number of carbonyl (C=O) groups excluding carboxylic acids is 2. The van der Waals surface area contributed by atoms with E-state index in [2.05, 4.69) is 40.7 Å². The van der Waals surface area contributed by atoms with E-state index in [1.165, 1.54) is 56.9 Å². The Morgan fingerprint density at radius 1 is 0.930 bits per heavy atom. The van der Waals surface area contributed by atoms with Gasteiger partial charge in [0.2, 0.25) is 0 Å². The summed E-state index contributed by atoms with van der Waals surface area (Å²) in [7, 11) is 0. The number of ether oxygens (including phenoxy) is 2. The van der Waals surface area contributed by atoms with Gasteiger partial charge < -0.3 is 14.6 Å². The summed E-state index contributed by atoms with van der Waals surface area (Å²) in [5.74, 6) is 4.56. The molecular formula is C38H56O5. The highest BCUT2D eigenvalue weighted by Gasteiger charge is 2.59. The van der Waals surface area contributed by atoms with E-state index >= 15 is 0 Å². The van der Waals surface area contributed by atoms with Crippen molar-refractivity contribution in [1.82, 2.24) is 0 Å². The second-order valence-corrected chi connectivity index (χ2v) is 15.4. The summed E-state index contributed by atoms with van der Waals surface area (Å²) >= 11 is 0. The molecule has 0 heterocycles. The first-order chi connectivity index (χ1) is 20.5. The van der Waals surface area contributed by atoms with E-state index in [0.717, 1.165) is 60.3 Å². The molecule has 5 nitrogen and oxygen atoms in total. The highest BCUT2D eigenvalue weighted by atomic mass is 16.5. The van der Waals surface area contributed by atoms with Crippen LogP contribution in [0.15, 0.2) is 35.9 Å². The maximum atomic E-state index is 12.7. The van der Waals surface area contributed by atoms with Crippen molar-refractivity contribution in [3.8, 4) is 5.75 Å². The third-order valence-corrected chi connectivity index (χ3v) is 12.4. The number of hydrogen-bond acceptors (Lipinski definition) is 5. The first-order valence-electron chi connectivity index (χ1n) is 17.3. The number of esters is 2. The average Bonchev–Trinajstić information content (AvgIpc) is 3.34. The van der Waals surface area contributed by atoms with Crippen molar-refractivity contribution in [2.45, 2.75) is 131 Å². The predicted molar refractivity (Wildman–Crippen MR) is 170 cm³/mol. The van der Waals surface area contributed by atoms with Crippen molar-refractivity contribution in [3.63, 3.8) is 0 Å². The molecule has 5 heteroatoms. The summed E-state index contributed by atoms with van der Waals surface area (Å²) in [5.41, 5.74) is 2.99. The van der Waals surface area contributed by atoms with Gasteiger partial charge in [-0.2, -0.15) is 0 Å². The van der Waals surface area contributed by atoms with E-state index in [1.54, 1.807) is 24.3 Å². The van der Waals surface area contributed by atoms with Crippen molar-refractivity contribution in [3.05, 3.63) is 41.5 Å². The van der Waals surface area contributed by atoms with Gasteiger partial charge in [0.15, 0.2) is 0 Å². The smallest absolute Gasteiger partial charge is 0.311 e. The lowest BCUT2D eigenvalue weighted by Gasteiger charge is -2.58. The highest BCUT2D eigenvalue weighted by Crippen LogP contribution is 2.67. The van der Waals surface area contributed by atoms with E-state index in [1.807, 2.05) is 0 Å². The van der Waals surface area contributed by atoms with Crippen LogP contribution >= 0.6 is 0 Å². The molecule has 238 valence electrons. The summed E-state index contributed by atoms with van der Waals surface area (Å²) in [6.45, 7) is 12.4. The van der Waals surface area contributed by atoms with E-state index in [4.69, 9.17) is 14.6 Å². The van der Waals surface area contributed by atoms with Gasteiger partial charge in [0.25, 0.3) is 0 Å². The third-order valence-electron chi connectivity index (χ3n) is 12.4. The van der Waals surface area contributed by atoms with E-state index < -0.39 is 5.97 Å². The number of allylic oxidation sites excluding steroid dienone is 1. The summed E-state index contributed by atoms with van der Waals surface area (Å²) in [6.07, 6.45) is 16.2. The molecular weight excluding hydrogens is 536 g/mol. The maximum absolute atomic E-state index is 12.7. The van der Waals surface area contributed by atoms with Crippen LogP contribution in [0.2, 0.25) is 0 Å². The Balaban J connectivity index is 1.13. The second-order valence-electron chi connectivity index (χ2n) is 15.4. The normalized spacial score (nSPS) is 34.0. The zero-order valence-electron chi connectivity index (χ0n) is 27.4. The molecule has 4 aliphatic carbocycles. The molecule has 1 aromatic carbocycles. The van der Waals surface area contributed by atoms with Crippen molar-refractivity contribution < 1.29 is 24.2 Å². The molecule has 3 fully saturated rings. The van der Waals surface area contributed by atoms with Gasteiger partial charge in [0, 0.05) is 6.42 Å². The molecule has 0 radical (unpaired) electrons. The molecule has 1 aromatic rings. The van der Waals surface area contributed by atoms with Crippen LogP contribution < -0.4 is 4.74 Å². The van der Waals surface area contributed by atoms with Crippen LogP contribution in [0, 0.1) is 46.3 Å². The number of hydrogen-bond donors (Lipinski definition) is 1. The molecule has 0 saturated heterocycles. The summed E-state index contributed by atoms with van der Waals surface area (Å²) < 4.78 is 11.2. The topological polar surface area (TPSA) is 72.8 Å². The number of benzene rings is 1. The minimum absolute atomic E-state index is 0.00500. The molecule has 3 saturated carbocycles. The van der Waals surface area contributed by atoms with Crippen molar-refractivity contribution in [1.29, 1.82) is 0 Å². The summed E-state index contributed by atoms with van der Waals surface area (Å²) in [4.78, 5) is 25.0. The van der Waals surface area contributed by atoms with Crippen LogP contribution in [-0.4, -0.2) is 23.1 Å². The Kier molecular flexibility index (Phi) is 10.1. The lowest BCUT2D eigenvalue weighted by Crippen LogP contribution is -2.51. The van der Waals surface area contributed by atoms with Crippen molar-refractivity contribution in [2.75, 3.05) is 0 Å². The molecule has 43 heavy (non-hydrogen) atoms. The van der Waals surface area contributed by atoms with E-state index in [-0.39, 0.29) is 36.9 Å². The zero-order valence-corrected chi connectivity index (χ0v) is 27.4. The Bertz CT molecular complexity index is 1150. The average molecular weight is 593 g/mol. The molecule has 4 aliphatic rings. The van der Waals surface area contributed by atoms with Crippen LogP contribution in [0.1, 0.15) is 124 Å². The van der Waals surface area contributed by atoms with Crippen LogP contribution in [0.25, 0.3) is 0 Å². The maximum Gasteiger partial charge on any atom is 0.311 e. The number of aliphatic hydroxyl groups is 1. The van der Waals surface area contributed by atoms with Gasteiger partial charge in [0.05, 0.1) is 19.4 Å². The van der Waals surface area contributed by atoms with Gasteiger partial charge in [-0.3, -0.25) is 9.59 Å². The molecule has 5 rings (SSSR count). The Morgan fingerprint density at radius 2 is 1.67 bits per heavy atom. The van der Waals surface area contributed by atoms with Gasteiger partial charge in [-0.1, -0.05) is 77.7 Å². The predicted octanol–water partition coefficient (Wildman–Crippen LogP) is 8.82. The molecule has 0 aliphatic heterocycles. The zero-order chi connectivity index (χ0) is 30.8. The van der Waals surface area contributed by atoms with E-state index in [9.17, 15) is 9.59 Å². The Morgan fingerprint density at radius 3 is 2.40 bits per heavy atom. The quantitative estimate of drug-likeness (QED) is 0.158. The fraction of sp³-hybridized carbons (Fsp3) is 0.737. The fourth-order valence-corrected chi connectivity index (χ4v) is 10.0. The molecule has 0 spiro atoms.